The van der Waals surface area contributed by atoms with Crippen LogP contribution in [0.3, 0.4) is 0 Å². The van der Waals surface area contributed by atoms with Gasteiger partial charge in [-0.15, -0.1) is 0 Å². The fourth-order valence-electron chi connectivity index (χ4n) is 3.71. The highest BCUT2D eigenvalue weighted by atomic mass is 31.2. The average molecular weight is 545 g/mol. The second-order valence-electron chi connectivity index (χ2n) is 8.62. The number of benzene rings is 2. The van der Waals surface area contributed by atoms with Crippen molar-refractivity contribution in [2.45, 2.75) is 44.4 Å². The predicted octanol–water partition coefficient (Wildman–Crippen LogP) is 2.40. The number of rotatable bonds is 11. The number of nitrogens with zero attached hydrogens (tertiary/aromatic N) is 2. The van der Waals surface area contributed by atoms with E-state index in [2.05, 4.69) is 10.1 Å². The standard InChI is InChI=1S/C25H29N4O8P/c1-17(24(31)34-15-18-8-4-2-5-9-18)28-38(33,37-19-10-6-3-7-11-19)35-16-21-20(30)14-23(36-21)29-13-12-22(26)27-25(29)32/h2-13,17,20-21,23,30H,14-16H2,1H3,(H,28,33)(H2,26,27,32)/t17-,20?,21+,23+,38?/m0/s1. The van der Waals surface area contributed by atoms with Crippen LogP contribution in [0, 0.1) is 0 Å². The third-order valence-corrected chi connectivity index (χ3v) is 7.32. The summed E-state index contributed by atoms with van der Waals surface area (Å²) < 4.78 is 37.2. The summed E-state index contributed by atoms with van der Waals surface area (Å²) in [7, 11) is -4.17. The minimum Gasteiger partial charge on any atom is -0.460 e. The number of ether oxygens (including phenoxy) is 2. The molecule has 4 rings (SSSR count). The SMILES string of the molecule is C[C@H](NP(=O)(OC[C@H]1O[C@@H](n2ccc(N)nc2=O)CC1O)Oc1ccccc1)C(=O)OCc1ccccc1. The molecule has 5 atom stereocenters. The monoisotopic (exact) mass is 544 g/mol. The lowest BCUT2D eigenvalue weighted by molar-refractivity contribution is -0.146. The molecule has 0 amide bonds. The Labute approximate surface area is 218 Å². The number of aromatic nitrogens is 2. The number of aliphatic hydroxyl groups is 1. The maximum absolute atomic E-state index is 13.7. The molecule has 0 saturated carbocycles. The molecule has 12 nitrogen and oxygen atoms in total. The summed E-state index contributed by atoms with van der Waals surface area (Å²) in [6, 6.07) is 17.8. The lowest BCUT2D eigenvalue weighted by Gasteiger charge is -2.24. The fourth-order valence-corrected chi connectivity index (χ4v) is 5.21. The number of hydrogen-bond donors (Lipinski definition) is 3. The van der Waals surface area contributed by atoms with Crippen LogP contribution in [0.5, 0.6) is 5.75 Å². The molecule has 2 aromatic carbocycles. The third-order valence-electron chi connectivity index (χ3n) is 5.67. The van der Waals surface area contributed by atoms with Gasteiger partial charge in [0, 0.05) is 12.6 Å². The first-order valence-electron chi connectivity index (χ1n) is 11.9. The van der Waals surface area contributed by atoms with Crippen molar-refractivity contribution in [3.8, 4) is 5.75 Å². The van der Waals surface area contributed by atoms with E-state index in [1.807, 2.05) is 30.3 Å². The molecule has 13 heteroatoms. The summed E-state index contributed by atoms with van der Waals surface area (Å²) in [5.74, 6) is -0.369. The number of hydrogen-bond acceptors (Lipinski definition) is 10. The van der Waals surface area contributed by atoms with Gasteiger partial charge in [-0.1, -0.05) is 48.5 Å². The number of nitrogens with two attached hydrogens (primary N) is 1. The van der Waals surface area contributed by atoms with E-state index < -0.39 is 43.9 Å². The van der Waals surface area contributed by atoms with E-state index in [9.17, 15) is 19.3 Å². The second kappa shape index (κ2) is 12.3. The summed E-state index contributed by atoms with van der Waals surface area (Å²) in [5, 5.41) is 13.1. The highest BCUT2D eigenvalue weighted by Gasteiger charge is 2.39. The van der Waals surface area contributed by atoms with Crippen LogP contribution in [0.4, 0.5) is 5.82 Å². The van der Waals surface area contributed by atoms with Gasteiger partial charge >= 0.3 is 19.4 Å². The number of carbonyl (C=O) groups excluding carboxylic acids is 1. The number of carbonyl (C=O) groups is 1. The van der Waals surface area contributed by atoms with Gasteiger partial charge < -0.3 is 24.8 Å². The topological polar surface area (TPSA) is 164 Å². The Balaban J connectivity index is 1.41. The van der Waals surface area contributed by atoms with Crippen LogP contribution >= 0.6 is 7.75 Å². The lowest BCUT2D eigenvalue weighted by Crippen LogP contribution is -2.36. The van der Waals surface area contributed by atoms with Crippen molar-refractivity contribution < 1.29 is 33.0 Å². The van der Waals surface area contributed by atoms with E-state index in [0.29, 0.717) is 0 Å². The number of nitrogens with one attached hydrogen (secondary N) is 1. The molecule has 0 aliphatic carbocycles. The first-order valence-corrected chi connectivity index (χ1v) is 13.4. The number of esters is 1. The van der Waals surface area contributed by atoms with Crippen LogP contribution in [0.25, 0.3) is 0 Å². The third kappa shape index (κ3) is 7.27. The molecular formula is C25H29N4O8P. The Hall–Kier alpha value is -3.54. The van der Waals surface area contributed by atoms with E-state index in [1.165, 1.54) is 23.8 Å². The van der Waals surface area contributed by atoms with Gasteiger partial charge in [0.25, 0.3) is 0 Å². The number of aliphatic hydroxyl groups excluding tert-OH is 1. The largest absolute Gasteiger partial charge is 0.460 e. The van der Waals surface area contributed by atoms with Gasteiger partial charge in [-0.2, -0.15) is 10.1 Å². The highest BCUT2D eigenvalue weighted by molar-refractivity contribution is 7.52. The van der Waals surface area contributed by atoms with E-state index >= 15 is 0 Å². The normalized spacial score (nSPS) is 21.4. The molecule has 3 aromatic rings. The average Bonchev–Trinajstić information content (AvgIpc) is 3.27. The summed E-state index contributed by atoms with van der Waals surface area (Å²) in [6.07, 6.45) is -1.33. The van der Waals surface area contributed by atoms with E-state index in [1.54, 1.807) is 30.3 Å². The Morgan fingerprint density at radius 3 is 2.58 bits per heavy atom. The van der Waals surface area contributed by atoms with Crippen LogP contribution in [0.2, 0.25) is 0 Å². The molecule has 1 aliphatic rings. The maximum Gasteiger partial charge on any atom is 0.459 e. The second-order valence-corrected chi connectivity index (χ2v) is 10.3. The van der Waals surface area contributed by atoms with Gasteiger partial charge in [-0.05, 0) is 30.7 Å². The zero-order valence-corrected chi connectivity index (χ0v) is 21.5. The van der Waals surface area contributed by atoms with Crippen molar-refractivity contribution in [2.75, 3.05) is 12.3 Å². The van der Waals surface area contributed by atoms with Crippen LogP contribution in [0.1, 0.15) is 25.1 Å². The molecule has 0 spiro atoms. The molecule has 38 heavy (non-hydrogen) atoms. The van der Waals surface area contributed by atoms with Crippen LogP contribution < -0.4 is 21.0 Å². The van der Waals surface area contributed by atoms with Crippen molar-refractivity contribution >= 4 is 19.5 Å². The fraction of sp³-hybridized carbons (Fsp3) is 0.320. The lowest BCUT2D eigenvalue weighted by atomic mass is 10.2. The zero-order chi connectivity index (χ0) is 27.1. The minimum absolute atomic E-state index is 0.0409. The Morgan fingerprint density at radius 2 is 1.89 bits per heavy atom. The van der Waals surface area contributed by atoms with Crippen molar-refractivity contribution in [3.05, 3.63) is 89.0 Å². The Kier molecular flexibility index (Phi) is 8.93. The van der Waals surface area contributed by atoms with Crippen molar-refractivity contribution in [3.63, 3.8) is 0 Å². The van der Waals surface area contributed by atoms with Gasteiger partial charge in [0.2, 0.25) is 0 Å². The van der Waals surface area contributed by atoms with Crippen molar-refractivity contribution in [1.29, 1.82) is 0 Å². The molecule has 202 valence electrons. The number of para-hydroxylation sites is 1. The van der Waals surface area contributed by atoms with Crippen LogP contribution in [-0.2, 0) is 30.0 Å². The van der Waals surface area contributed by atoms with Gasteiger partial charge in [0.05, 0.1) is 12.7 Å². The molecular weight excluding hydrogens is 515 g/mol. The molecule has 1 saturated heterocycles. The summed E-state index contributed by atoms with van der Waals surface area (Å²) >= 11 is 0. The Morgan fingerprint density at radius 1 is 1.21 bits per heavy atom. The molecule has 1 fully saturated rings. The summed E-state index contributed by atoms with van der Waals surface area (Å²) in [5.41, 5.74) is 5.69. The summed E-state index contributed by atoms with van der Waals surface area (Å²) in [6.45, 7) is 1.14. The van der Waals surface area contributed by atoms with Crippen LogP contribution in [0.15, 0.2) is 77.7 Å². The van der Waals surface area contributed by atoms with Gasteiger partial charge in [0.15, 0.2) is 0 Å². The Bertz CT molecular complexity index is 1320. The van der Waals surface area contributed by atoms with E-state index in [4.69, 9.17) is 24.3 Å². The minimum atomic E-state index is -4.17. The van der Waals surface area contributed by atoms with E-state index in [0.717, 1.165) is 5.56 Å². The number of anilines is 1. The predicted molar refractivity (Wildman–Crippen MR) is 137 cm³/mol. The van der Waals surface area contributed by atoms with Gasteiger partial charge in [-0.3, -0.25) is 13.9 Å². The van der Waals surface area contributed by atoms with Gasteiger partial charge in [-0.25, -0.2) is 9.36 Å². The molecule has 1 aliphatic heterocycles. The quantitative estimate of drug-likeness (QED) is 0.240. The smallest absolute Gasteiger partial charge is 0.459 e. The molecule has 2 heterocycles. The highest BCUT2D eigenvalue weighted by Crippen LogP contribution is 2.46. The van der Waals surface area contributed by atoms with Crippen LogP contribution in [-0.4, -0.2) is 45.5 Å². The summed E-state index contributed by atoms with van der Waals surface area (Å²) in [4.78, 5) is 28.4. The van der Waals surface area contributed by atoms with Crippen molar-refractivity contribution in [1.82, 2.24) is 14.6 Å². The molecule has 0 radical (unpaired) electrons. The van der Waals surface area contributed by atoms with E-state index in [-0.39, 0.29) is 31.2 Å². The first kappa shape index (κ1) is 27.5. The molecule has 0 bridgehead atoms. The molecule has 2 unspecified atom stereocenters. The zero-order valence-electron chi connectivity index (χ0n) is 20.6. The number of nitrogen functional groups attached to an aromatic ring is 1. The molecule has 4 N–H and O–H groups in total. The van der Waals surface area contributed by atoms with Gasteiger partial charge in [0.1, 0.15) is 36.5 Å². The van der Waals surface area contributed by atoms with Crippen molar-refractivity contribution in [2.24, 2.45) is 0 Å². The molecule has 1 aromatic heterocycles. The maximum atomic E-state index is 13.7. The first-order chi connectivity index (χ1) is 18.2.